The average Bonchev–Trinajstić information content (AvgIpc) is 2.38. The molecule has 3 heteroatoms. The number of hydrogen-bond donors (Lipinski definition) is 1. The van der Waals surface area contributed by atoms with Gasteiger partial charge in [-0.15, -0.1) is 0 Å². The maximum absolute atomic E-state index is 4.51. The number of fused-ring (bicyclic) bond motifs is 1. The molecule has 3 rings (SSSR count). The minimum absolute atomic E-state index is 0.429. The van der Waals surface area contributed by atoms with Crippen LogP contribution in [-0.2, 0) is 0 Å². The Kier molecular flexibility index (Phi) is 3.40. The van der Waals surface area contributed by atoms with Crippen molar-refractivity contribution in [1.82, 2.24) is 4.98 Å². The number of rotatable bonds is 2. The normalized spacial score (nSPS) is 22.3. The molecule has 2 nitrogen and oxygen atoms in total. The van der Waals surface area contributed by atoms with E-state index in [1.165, 1.54) is 29.0 Å². The van der Waals surface area contributed by atoms with Crippen LogP contribution in [0.4, 0.5) is 5.69 Å². The molecule has 2 heterocycles. The van der Waals surface area contributed by atoms with Crippen LogP contribution in [0.15, 0.2) is 36.5 Å². The molecule has 0 bridgehead atoms. The van der Waals surface area contributed by atoms with Gasteiger partial charge in [0.25, 0.3) is 0 Å². The predicted molar refractivity (Wildman–Crippen MR) is 84.9 cm³/mol. The molecule has 0 spiro atoms. The third-order valence-corrected chi connectivity index (χ3v) is 5.23. The van der Waals surface area contributed by atoms with E-state index in [1.54, 1.807) is 0 Å². The van der Waals surface area contributed by atoms with E-state index in [9.17, 15) is 0 Å². The van der Waals surface area contributed by atoms with E-state index in [1.807, 2.05) is 12.3 Å². The second kappa shape index (κ2) is 5.04. The van der Waals surface area contributed by atoms with E-state index in [4.69, 9.17) is 0 Å². The van der Waals surface area contributed by atoms with Gasteiger partial charge in [0.05, 0.1) is 11.2 Å². The molecular weight excluding hydrogens is 252 g/mol. The Morgan fingerprint density at radius 3 is 2.95 bits per heavy atom. The Morgan fingerprint density at radius 1 is 1.26 bits per heavy atom. The summed E-state index contributed by atoms with van der Waals surface area (Å²) in [6.07, 6.45) is 3.09. The first-order valence-electron chi connectivity index (χ1n) is 6.82. The van der Waals surface area contributed by atoms with Gasteiger partial charge in [0.1, 0.15) is 0 Å². The average molecular weight is 272 g/mol. The number of hydrogen-bond acceptors (Lipinski definition) is 3. The van der Waals surface area contributed by atoms with Crippen LogP contribution in [-0.4, -0.2) is 22.5 Å². The Hall–Kier alpha value is -1.22. The molecular formula is C16H20N2S. The molecule has 1 aromatic carbocycles. The molecule has 1 unspecified atom stereocenters. The zero-order chi connectivity index (χ0) is 13.3. The van der Waals surface area contributed by atoms with Crippen molar-refractivity contribution >= 4 is 28.4 Å². The van der Waals surface area contributed by atoms with E-state index < -0.39 is 0 Å². The van der Waals surface area contributed by atoms with Crippen molar-refractivity contribution in [2.24, 2.45) is 5.41 Å². The molecule has 1 aliphatic heterocycles. The number of thioether (sulfide) groups is 1. The maximum atomic E-state index is 4.51. The molecule has 0 saturated carbocycles. The van der Waals surface area contributed by atoms with Gasteiger partial charge in [0, 0.05) is 23.4 Å². The zero-order valence-electron chi connectivity index (χ0n) is 11.5. The summed E-state index contributed by atoms with van der Waals surface area (Å²) in [5.74, 6) is 2.45. The number of benzene rings is 1. The highest BCUT2D eigenvalue weighted by atomic mass is 32.2. The molecule has 1 atom stereocenters. The van der Waals surface area contributed by atoms with Crippen molar-refractivity contribution in [3.05, 3.63) is 36.5 Å². The highest BCUT2D eigenvalue weighted by molar-refractivity contribution is 7.99. The lowest BCUT2D eigenvalue weighted by molar-refractivity contribution is 0.358. The van der Waals surface area contributed by atoms with E-state index in [2.05, 4.69) is 60.2 Å². The second-order valence-electron chi connectivity index (χ2n) is 6.11. The monoisotopic (exact) mass is 272 g/mol. The van der Waals surface area contributed by atoms with Gasteiger partial charge in [0.15, 0.2) is 0 Å². The highest BCUT2D eigenvalue weighted by Crippen LogP contribution is 2.35. The summed E-state index contributed by atoms with van der Waals surface area (Å²) in [5, 5.41) is 4.90. The van der Waals surface area contributed by atoms with Gasteiger partial charge in [-0.1, -0.05) is 32.0 Å². The fourth-order valence-electron chi connectivity index (χ4n) is 2.80. The topological polar surface area (TPSA) is 24.9 Å². The Labute approximate surface area is 119 Å². The first kappa shape index (κ1) is 12.8. The van der Waals surface area contributed by atoms with E-state index in [0.29, 0.717) is 11.5 Å². The lowest BCUT2D eigenvalue weighted by atomic mass is 9.87. The van der Waals surface area contributed by atoms with Crippen LogP contribution in [0.25, 0.3) is 10.9 Å². The SMILES string of the molecule is CC1(C)CSCC(Nc2cccc3cccnc23)C1. The number of nitrogens with zero attached hydrogens (tertiary/aromatic N) is 1. The van der Waals surface area contributed by atoms with Crippen LogP contribution in [0.3, 0.4) is 0 Å². The van der Waals surface area contributed by atoms with Crippen LogP contribution in [0.2, 0.25) is 0 Å². The summed E-state index contributed by atoms with van der Waals surface area (Å²) < 4.78 is 0. The number of aromatic nitrogens is 1. The lowest BCUT2D eigenvalue weighted by Gasteiger charge is -2.35. The lowest BCUT2D eigenvalue weighted by Crippen LogP contribution is -2.35. The summed E-state index contributed by atoms with van der Waals surface area (Å²) in [7, 11) is 0. The number of nitrogens with one attached hydrogen (secondary N) is 1. The van der Waals surface area contributed by atoms with Gasteiger partial charge < -0.3 is 5.32 Å². The standard InChI is InChI=1S/C16H20N2S/c1-16(2)9-13(10-19-11-16)18-14-7-3-5-12-6-4-8-17-15(12)14/h3-8,13,18H,9-11H2,1-2H3. The fraction of sp³-hybridized carbons (Fsp3) is 0.438. The smallest absolute Gasteiger partial charge is 0.0933 e. The van der Waals surface area contributed by atoms with Crippen LogP contribution in [0.1, 0.15) is 20.3 Å². The number of anilines is 1. The van der Waals surface area contributed by atoms with Crippen LogP contribution < -0.4 is 5.32 Å². The molecule has 1 saturated heterocycles. The second-order valence-corrected chi connectivity index (χ2v) is 7.14. The summed E-state index contributed by atoms with van der Waals surface area (Å²) >= 11 is 2.05. The molecule has 0 radical (unpaired) electrons. The molecule has 19 heavy (non-hydrogen) atoms. The van der Waals surface area contributed by atoms with E-state index in [0.717, 1.165) is 5.52 Å². The number of para-hydroxylation sites is 1. The third-order valence-electron chi connectivity index (χ3n) is 3.60. The van der Waals surface area contributed by atoms with Crippen LogP contribution in [0.5, 0.6) is 0 Å². The van der Waals surface area contributed by atoms with Gasteiger partial charge in [-0.3, -0.25) is 4.98 Å². The van der Waals surface area contributed by atoms with Gasteiger partial charge in [0.2, 0.25) is 0 Å². The fourth-order valence-corrected chi connectivity index (χ4v) is 4.07. The molecule has 0 amide bonds. The van der Waals surface area contributed by atoms with Crippen molar-refractivity contribution in [3.8, 4) is 0 Å². The van der Waals surface area contributed by atoms with Crippen molar-refractivity contribution in [2.75, 3.05) is 16.8 Å². The third kappa shape index (κ3) is 2.86. The van der Waals surface area contributed by atoms with E-state index in [-0.39, 0.29) is 0 Å². The largest absolute Gasteiger partial charge is 0.380 e. The van der Waals surface area contributed by atoms with Crippen LogP contribution >= 0.6 is 11.8 Å². The highest BCUT2D eigenvalue weighted by Gasteiger charge is 2.28. The van der Waals surface area contributed by atoms with Gasteiger partial charge in [-0.05, 0) is 29.7 Å². The summed E-state index contributed by atoms with van der Waals surface area (Å²) in [5.41, 5.74) is 2.68. The molecule has 100 valence electrons. The molecule has 1 fully saturated rings. The van der Waals surface area contributed by atoms with Gasteiger partial charge in [-0.25, -0.2) is 0 Å². The molecule has 1 aliphatic rings. The first-order valence-corrected chi connectivity index (χ1v) is 7.98. The zero-order valence-corrected chi connectivity index (χ0v) is 12.3. The minimum atomic E-state index is 0.429. The number of pyridine rings is 1. The Morgan fingerprint density at radius 2 is 2.11 bits per heavy atom. The molecule has 1 N–H and O–H groups in total. The van der Waals surface area contributed by atoms with Crippen molar-refractivity contribution in [3.63, 3.8) is 0 Å². The molecule has 1 aromatic heterocycles. The summed E-state index contributed by atoms with van der Waals surface area (Å²) in [6, 6.07) is 11.0. The predicted octanol–water partition coefficient (Wildman–Crippen LogP) is 4.18. The Balaban J connectivity index is 1.85. The maximum Gasteiger partial charge on any atom is 0.0933 e. The molecule has 0 aliphatic carbocycles. The molecule has 2 aromatic rings. The van der Waals surface area contributed by atoms with Crippen LogP contribution in [0, 0.1) is 5.41 Å². The van der Waals surface area contributed by atoms with Crippen molar-refractivity contribution in [1.29, 1.82) is 0 Å². The van der Waals surface area contributed by atoms with E-state index >= 15 is 0 Å². The minimum Gasteiger partial charge on any atom is -0.380 e. The Bertz CT molecular complexity index is 574. The first-order chi connectivity index (χ1) is 9.14. The van der Waals surface area contributed by atoms with Gasteiger partial charge in [-0.2, -0.15) is 11.8 Å². The van der Waals surface area contributed by atoms with Gasteiger partial charge >= 0.3 is 0 Å². The summed E-state index contributed by atoms with van der Waals surface area (Å²) in [4.78, 5) is 4.51. The summed E-state index contributed by atoms with van der Waals surface area (Å²) in [6.45, 7) is 4.71. The van der Waals surface area contributed by atoms with Crippen molar-refractivity contribution in [2.45, 2.75) is 26.3 Å². The quantitative estimate of drug-likeness (QED) is 0.888. The van der Waals surface area contributed by atoms with Crippen molar-refractivity contribution < 1.29 is 0 Å².